The Labute approximate surface area is 127 Å². The van der Waals surface area contributed by atoms with Gasteiger partial charge in [-0.2, -0.15) is 0 Å². The van der Waals surface area contributed by atoms with E-state index >= 15 is 0 Å². The minimum absolute atomic E-state index is 0.189. The van der Waals surface area contributed by atoms with Gasteiger partial charge in [-0.3, -0.25) is 0 Å². The van der Waals surface area contributed by atoms with Crippen molar-refractivity contribution in [1.29, 1.82) is 0 Å². The van der Waals surface area contributed by atoms with Gasteiger partial charge in [0, 0.05) is 16.6 Å². The molecule has 0 fully saturated rings. The number of hydrogen-bond donors (Lipinski definition) is 1. The quantitative estimate of drug-likeness (QED) is 0.728. The first-order valence-electron chi connectivity index (χ1n) is 7.52. The van der Waals surface area contributed by atoms with Crippen LogP contribution in [-0.2, 0) is 6.42 Å². The van der Waals surface area contributed by atoms with Crippen LogP contribution in [0.4, 0.5) is 4.39 Å². The van der Waals surface area contributed by atoms with E-state index in [2.05, 4.69) is 33.0 Å². The first kappa shape index (κ1) is 17.5. The average molecular weight is 300 g/mol. The Hall–Kier alpha value is -0.600. The molecule has 1 unspecified atom stereocenters. The average Bonchev–Trinajstić information content (AvgIpc) is 2.35. The fourth-order valence-corrected chi connectivity index (χ4v) is 2.67. The molecule has 0 aliphatic rings. The highest BCUT2D eigenvalue weighted by Gasteiger charge is 2.23. The summed E-state index contributed by atoms with van der Waals surface area (Å²) in [4.78, 5) is 0. The molecule has 1 rings (SSSR count). The topological polar surface area (TPSA) is 12.0 Å². The van der Waals surface area contributed by atoms with E-state index in [9.17, 15) is 4.39 Å². The second-order valence-electron chi connectivity index (χ2n) is 6.47. The molecule has 0 heterocycles. The molecule has 0 bridgehead atoms. The minimum atomic E-state index is -0.189. The van der Waals surface area contributed by atoms with Crippen molar-refractivity contribution in [3.63, 3.8) is 0 Å². The lowest BCUT2D eigenvalue weighted by Gasteiger charge is -2.32. The number of halogens is 2. The second kappa shape index (κ2) is 7.99. The summed E-state index contributed by atoms with van der Waals surface area (Å²) in [6.45, 7) is 9.94. The Bertz CT molecular complexity index is 392. The van der Waals surface area contributed by atoms with E-state index in [1.807, 2.05) is 0 Å². The SMILES string of the molecule is CCCNC(CCCc1c(F)cccc1Cl)C(C)(C)C. The highest BCUT2D eigenvalue weighted by molar-refractivity contribution is 6.31. The molecule has 0 aromatic heterocycles. The Morgan fingerprint density at radius 3 is 2.55 bits per heavy atom. The molecule has 0 saturated carbocycles. The molecule has 1 N–H and O–H groups in total. The molecule has 20 heavy (non-hydrogen) atoms. The molecule has 114 valence electrons. The Morgan fingerprint density at radius 1 is 1.30 bits per heavy atom. The van der Waals surface area contributed by atoms with Crippen LogP contribution in [0.3, 0.4) is 0 Å². The van der Waals surface area contributed by atoms with Crippen LogP contribution < -0.4 is 5.32 Å². The van der Waals surface area contributed by atoms with E-state index in [4.69, 9.17) is 11.6 Å². The van der Waals surface area contributed by atoms with Gasteiger partial charge in [-0.25, -0.2) is 4.39 Å². The summed E-state index contributed by atoms with van der Waals surface area (Å²) in [6.07, 6.45) is 3.81. The van der Waals surface area contributed by atoms with Crippen LogP contribution >= 0.6 is 11.6 Å². The first-order chi connectivity index (χ1) is 9.36. The van der Waals surface area contributed by atoms with Gasteiger partial charge in [-0.15, -0.1) is 0 Å². The van der Waals surface area contributed by atoms with Gasteiger partial charge in [-0.1, -0.05) is 45.4 Å². The summed E-state index contributed by atoms with van der Waals surface area (Å²) in [5.41, 5.74) is 0.867. The van der Waals surface area contributed by atoms with Crippen molar-refractivity contribution in [1.82, 2.24) is 5.32 Å². The molecule has 1 aromatic carbocycles. The Morgan fingerprint density at radius 2 is 2.00 bits per heavy atom. The minimum Gasteiger partial charge on any atom is -0.313 e. The lowest BCUT2D eigenvalue weighted by atomic mass is 9.83. The van der Waals surface area contributed by atoms with Gasteiger partial charge in [0.2, 0.25) is 0 Å². The van der Waals surface area contributed by atoms with E-state index in [0.29, 0.717) is 23.0 Å². The molecule has 1 nitrogen and oxygen atoms in total. The van der Waals surface area contributed by atoms with Crippen molar-refractivity contribution in [3.05, 3.63) is 34.6 Å². The molecule has 0 amide bonds. The van der Waals surface area contributed by atoms with Crippen LogP contribution in [0, 0.1) is 11.2 Å². The summed E-state index contributed by atoms with van der Waals surface area (Å²) < 4.78 is 13.7. The smallest absolute Gasteiger partial charge is 0.127 e. The lowest BCUT2D eigenvalue weighted by Crippen LogP contribution is -2.40. The van der Waals surface area contributed by atoms with Gasteiger partial charge < -0.3 is 5.32 Å². The number of benzene rings is 1. The van der Waals surface area contributed by atoms with Gasteiger partial charge in [0.25, 0.3) is 0 Å². The Balaban J connectivity index is 2.56. The zero-order valence-electron chi connectivity index (χ0n) is 13.1. The molecule has 0 aliphatic heterocycles. The van der Waals surface area contributed by atoms with Crippen LogP contribution in [0.25, 0.3) is 0 Å². The molecule has 0 spiro atoms. The lowest BCUT2D eigenvalue weighted by molar-refractivity contribution is 0.251. The molecule has 0 aliphatic carbocycles. The maximum Gasteiger partial charge on any atom is 0.127 e. The van der Waals surface area contributed by atoms with Crippen LogP contribution in [-0.4, -0.2) is 12.6 Å². The fraction of sp³-hybridized carbons (Fsp3) is 0.647. The molecule has 3 heteroatoms. The first-order valence-corrected chi connectivity index (χ1v) is 7.90. The summed E-state index contributed by atoms with van der Waals surface area (Å²) in [7, 11) is 0. The second-order valence-corrected chi connectivity index (χ2v) is 6.87. The van der Waals surface area contributed by atoms with Gasteiger partial charge in [0.15, 0.2) is 0 Å². The number of nitrogens with one attached hydrogen (secondary N) is 1. The number of rotatable bonds is 7. The van der Waals surface area contributed by atoms with E-state index in [-0.39, 0.29) is 11.2 Å². The highest BCUT2D eigenvalue weighted by Crippen LogP contribution is 2.26. The monoisotopic (exact) mass is 299 g/mol. The Kier molecular flexibility index (Phi) is 6.97. The van der Waals surface area contributed by atoms with Crippen molar-refractivity contribution >= 4 is 11.6 Å². The summed E-state index contributed by atoms with van der Waals surface area (Å²) >= 11 is 6.06. The standard InChI is InChI=1S/C17H27ClFN/c1-5-12-20-16(17(2,3)4)11-6-8-13-14(18)9-7-10-15(13)19/h7,9-10,16,20H,5-6,8,11-12H2,1-4H3. The molecule has 0 radical (unpaired) electrons. The van der Waals surface area contributed by atoms with Crippen molar-refractivity contribution in [2.24, 2.45) is 5.41 Å². The van der Waals surface area contributed by atoms with Crippen molar-refractivity contribution in [3.8, 4) is 0 Å². The molecular formula is C17H27ClFN. The highest BCUT2D eigenvalue weighted by atomic mass is 35.5. The van der Waals surface area contributed by atoms with Crippen LogP contribution in [0.5, 0.6) is 0 Å². The maximum atomic E-state index is 13.7. The predicted molar refractivity (Wildman–Crippen MR) is 85.9 cm³/mol. The maximum absolute atomic E-state index is 13.7. The van der Waals surface area contributed by atoms with Gasteiger partial charge >= 0.3 is 0 Å². The van der Waals surface area contributed by atoms with Crippen molar-refractivity contribution in [2.75, 3.05) is 6.54 Å². The fourth-order valence-electron chi connectivity index (χ4n) is 2.41. The molecule has 1 atom stereocenters. The van der Waals surface area contributed by atoms with E-state index in [0.717, 1.165) is 25.8 Å². The van der Waals surface area contributed by atoms with E-state index in [1.54, 1.807) is 12.1 Å². The van der Waals surface area contributed by atoms with Crippen LogP contribution in [0.1, 0.15) is 52.5 Å². The van der Waals surface area contributed by atoms with E-state index < -0.39 is 0 Å². The normalized spacial score (nSPS) is 13.5. The molecule has 1 aromatic rings. The molecule has 0 saturated heterocycles. The van der Waals surface area contributed by atoms with Crippen molar-refractivity contribution < 1.29 is 4.39 Å². The van der Waals surface area contributed by atoms with E-state index in [1.165, 1.54) is 6.07 Å². The predicted octanol–water partition coefficient (Wildman–Crippen LogP) is 5.22. The third-order valence-electron chi connectivity index (χ3n) is 3.67. The van der Waals surface area contributed by atoms with Gasteiger partial charge in [0.1, 0.15) is 5.82 Å². The van der Waals surface area contributed by atoms with Crippen molar-refractivity contribution in [2.45, 2.75) is 59.4 Å². The summed E-state index contributed by atoms with van der Waals surface area (Å²) in [5.74, 6) is -0.189. The summed E-state index contributed by atoms with van der Waals surface area (Å²) in [6, 6.07) is 5.35. The van der Waals surface area contributed by atoms with Crippen LogP contribution in [0.2, 0.25) is 5.02 Å². The number of hydrogen-bond acceptors (Lipinski definition) is 1. The van der Waals surface area contributed by atoms with Gasteiger partial charge in [0.05, 0.1) is 0 Å². The third-order valence-corrected chi connectivity index (χ3v) is 4.02. The summed E-state index contributed by atoms with van der Waals surface area (Å²) in [5, 5.41) is 4.14. The van der Waals surface area contributed by atoms with Crippen LogP contribution in [0.15, 0.2) is 18.2 Å². The zero-order valence-corrected chi connectivity index (χ0v) is 13.9. The largest absolute Gasteiger partial charge is 0.313 e. The molecular weight excluding hydrogens is 273 g/mol. The zero-order chi connectivity index (χ0) is 15.2. The third kappa shape index (κ3) is 5.41. The van der Waals surface area contributed by atoms with Gasteiger partial charge in [-0.05, 0) is 49.8 Å².